The van der Waals surface area contributed by atoms with Gasteiger partial charge in [0.1, 0.15) is 6.07 Å². The van der Waals surface area contributed by atoms with Crippen LogP contribution in [-0.4, -0.2) is 9.13 Å². The first-order chi connectivity index (χ1) is 41.7. The lowest BCUT2D eigenvalue weighted by atomic mass is 9.88. The van der Waals surface area contributed by atoms with Crippen molar-refractivity contribution in [1.29, 1.82) is 5.26 Å². The van der Waals surface area contributed by atoms with Gasteiger partial charge in [0.15, 0.2) is 0 Å². The maximum absolute atomic E-state index is 12.4. The molecule has 0 radical (unpaired) electrons. The third kappa shape index (κ3) is 5.43. The monoisotopic (exact) mass is 984 g/mol. The van der Waals surface area contributed by atoms with E-state index in [2.05, 4.69) is 45.8 Å². The molecule has 4 nitrogen and oxygen atoms in total. The topological polar surface area (TPSA) is 38.0 Å². The second-order valence-electron chi connectivity index (χ2n) is 18.3. The van der Waals surface area contributed by atoms with Crippen molar-refractivity contribution in [3.8, 4) is 50.8 Å². The molecule has 0 saturated heterocycles. The van der Waals surface area contributed by atoms with E-state index in [-0.39, 0.29) is 80.0 Å². The van der Waals surface area contributed by atoms with Crippen LogP contribution in [0.2, 0.25) is 0 Å². The van der Waals surface area contributed by atoms with E-state index in [0.717, 1.165) is 51.9 Å². The first-order valence-corrected chi connectivity index (χ1v) is 25.4. The molecule has 0 fully saturated rings. The first kappa shape index (κ1) is 31.0. The van der Waals surface area contributed by atoms with E-state index < -0.39 is 42.3 Å². The molecule has 0 bridgehead atoms. The van der Waals surface area contributed by atoms with E-state index in [1.165, 1.54) is 11.3 Å². The van der Waals surface area contributed by atoms with Gasteiger partial charge in [-0.25, -0.2) is 4.85 Å². The summed E-state index contributed by atoms with van der Waals surface area (Å²) in [4.78, 5) is 4.46. The number of hydrogen-bond donors (Lipinski definition) is 0. The number of hydrogen-bond acceptors (Lipinski definition) is 3. The van der Waals surface area contributed by atoms with Crippen LogP contribution in [0.1, 0.15) is 22.0 Å². The van der Waals surface area contributed by atoms with Gasteiger partial charge in [0, 0.05) is 63.6 Å². The molecule has 0 N–H and O–H groups in total. The van der Waals surface area contributed by atoms with Gasteiger partial charge in [-0.05, 0) is 62.0 Å². The zero-order valence-electron chi connectivity index (χ0n) is 50.5. The van der Waals surface area contributed by atoms with E-state index in [4.69, 9.17) is 9.60 Å². The minimum Gasteiger partial charge on any atom is -0.318 e. The molecule has 16 aromatic rings. The third-order valence-electron chi connectivity index (χ3n) is 14.7. The molecule has 0 aliphatic carbocycles. The Kier molecular flexibility index (Phi) is 6.48. The van der Waals surface area contributed by atoms with Crippen molar-refractivity contribution in [3.05, 3.63) is 235 Å². The van der Waals surface area contributed by atoms with Crippen molar-refractivity contribution in [1.82, 2.24) is 9.13 Å². The molecule has 12 aromatic carbocycles. The lowest BCUT2D eigenvalue weighted by molar-refractivity contribution is 1.14. The van der Waals surface area contributed by atoms with E-state index >= 15 is 0 Å². The van der Waals surface area contributed by atoms with Crippen LogP contribution in [0.3, 0.4) is 0 Å². The van der Waals surface area contributed by atoms with Crippen molar-refractivity contribution in [2.24, 2.45) is 0 Å². The SMILES string of the molecule is [2H]c1c([2H])c([2H])c(-c2cccc3c2sc2c3ccc3c4ccc5c6ccccc6sc5c4n(-c4c(C#N)c(-c5ccccc5)c([N+]#[C-])c(-n5c6cccc7c8c([2H])c([2H])c([2H])c([2H])c8c8c([2H])c([2H])c([2H])c5c8c76)c4-c4ccccc4)c32)c([2H])c1[2H]. The molecule has 0 unspecified atom stereocenters. The summed E-state index contributed by atoms with van der Waals surface area (Å²) in [6.45, 7) is 9.50. The minimum atomic E-state index is -0.513. The Morgan fingerprint density at radius 2 is 1.01 bits per heavy atom. The number of nitrogens with zero attached hydrogens (tertiary/aromatic N) is 4. The largest absolute Gasteiger partial charge is 0.318 e. The highest BCUT2D eigenvalue weighted by Gasteiger charge is 2.33. The molecule has 0 saturated carbocycles. The van der Waals surface area contributed by atoms with Gasteiger partial charge in [-0.1, -0.05) is 200 Å². The fourth-order valence-corrected chi connectivity index (χ4v) is 14.4. The average molecular weight is 985 g/mol. The summed E-state index contributed by atoms with van der Waals surface area (Å²) in [5.74, 6) is 0. The van der Waals surface area contributed by atoms with Crippen molar-refractivity contribution in [2.75, 3.05) is 0 Å². The highest BCUT2D eigenvalue weighted by atomic mass is 32.1. The Balaban J connectivity index is 1.20. The van der Waals surface area contributed by atoms with Gasteiger partial charge in [0.2, 0.25) is 5.69 Å². The third-order valence-corrected chi connectivity index (χ3v) is 17.2. The maximum atomic E-state index is 12.4. The van der Waals surface area contributed by atoms with Gasteiger partial charge in [-0.15, -0.1) is 22.7 Å². The van der Waals surface area contributed by atoms with Crippen molar-refractivity contribution < 1.29 is 16.4 Å². The predicted octanol–water partition coefficient (Wildman–Crippen LogP) is 19.8. The van der Waals surface area contributed by atoms with Crippen LogP contribution in [0.25, 0.3) is 155 Å². The molecule has 0 spiro atoms. The Morgan fingerprint density at radius 1 is 0.432 bits per heavy atom. The van der Waals surface area contributed by atoms with Crippen LogP contribution >= 0.6 is 22.7 Å². The Labute approximate surface area is 448 Å². The van der Waals surface area contributed by atoms with Crippen LogP contribution in [0.4, 0.5) is 5.69 Å². The van der Waals surface area contributed by atoms with E-state index in [0.29, 0.717) is 59.8 Å². The van der Waals surface area contributed by atoms with Crippen molar-refractivity contribution >= 4 is 134 Å². The second-order valence-corrected chi connectivity index (χ2v) is 20.4. The summed E-state index contributed by atoms with van der Waals surface area (Å²) >= 11 is 3.02. The Hall–Kier alpha value is -9.56. The minimum absolute atomic E-state index is 0.0334. The van der Waals surface area contributed by atoms with Crippen LogP contribution in [0.5, 0.6) is 0 Å². The van der Waals surface area contributed by atoms with Gasteiger partial charge in [-0.3, -0.25) is 0 Å². The molecule has 340 valence electrons. The molecule has 0 atom stereocenters. The number of rotatable bonds is 5. The number of aromatic nitrogens is 2. The van der Waals surface area contributed by atoms with Gasteiger partial charge < -0.3 is 9.13 Å². The fourth-order valence-electron chi connectivity index (χ4n) is 11.8. The number of thiophene rings is 2. The van der Waals surface area contributed by atoms with E-state index in [1.807, 2.05) is 97.1 Å². The van der Waals surface area contributed by atoms with Gasteiger partial charge >= 0.3 is 0 Å². The van der Waals surface area contributed by atoms with E-state index in [9.17, 15) is 18.7 Å². The number of fused-ring (bicyclic) bond motifs is 14. The number of nitriles is 1. The molecule has 74 heavy (non-hydrogen) atoms. The smallest absolute Gasteiger partial charge is 0.220 e. The number of benzene rings is 12. The lowest BCUT2D eigenvalue weighted by Gasteiger charge is -2.26. The first-order valence-electron chi connectivity index (χ1n) is 29.8. The predicted molar refractivity (Wildman–Crippen MR) is 314 cm³/mol. The summed E-state index contributed by atoms with van der Waals surface area (Å²) in [7, 11) is 0. The molecular weight excluding hydrogens is 937 g/mol. The highest BCUT2D eigenvalue weighted by molar-refractivity contribution is 7.27. The molecule has 0 amide bonds. The van der Waals surface area contributed by atoms with Gasteiger partial charge in [-0.2, -0.15) is 5.26 Å². The van der Waals surface area contributed by atoms with Crippen LogP contribution in [0, 0.1) is 17.9 Å². The van der Waals surface area contributed by atoms with E-state index in [1.54, 1.807) is 34.1 Å². The normalized spacial score (nSPS) is 14.3. The molecule has 16 rings (SSSR count). The van der Waals surface area contributed by atoms with Gasteiger partial charge in [0.25, 0.3) is 0 Å². The van der Waals surface area contributed by atoms with Gasteiger partial charge in [0.05, 0.1) is 71.4 Å². The zero-order valence-corrected chi connectivity index (χ0v) is 40.1. The maximum Gasteiger partial charge on any atom is 0.220 e. The molecular formula is C68H36N4S2. The molecule has 0 aliphatic heterocycles. The summed E-state index contributed by atoms with van der Waals surface area (Å²) < 4.78 is 117. The quantitative estimate of drug-likeness (QED) is 0.125. The van der Waals surface area contributed by atoms with Crippen LogP contribution in [-0.2, 0) is 0 Å². The zero-order chi connectivity index (χ0) is 59.2. The summed E-state index contributed by atoms with van der Waals surface area (Å²) in [5.41, 5.74) is 5.06. The highest BCUT2D eigenvalue weighted by Crippen LogP contribution is 2.56. The molecule has 4 heterocycles. The molecule has 6 heteroatoms. The Morgan fingerprint density at radius 3 is 1.76 bits per heavy atom. The standard InChI is InChI=1S/C68H36N4S2/c1-70-61-57(40-20-7-3-8-21-40)53(38-69)62(58(41-22-9-4-10-23-41)65(61)71-54-31-16-28-46-43-24-11-12-25-44(43)47-29-17-32-55(71)60(47)59(46)54)72-63-48(34-36-51-45-26-13-14-33-56(45)73-67(51)63)49-35-37-52-50-30-15-27-42(39-18-5-2-6-19-39)66(50)74-68(52)64(49)72/h2-37H/i2D,5D,6D,11D,12D,16D,18D,19D,24D,25D,28D,31D. The lowest BCUT2D eigenvalue weighted by Crippen LogP contribution is -2.09. The molecule has 4 aromatic heterocycles. The summed E-state index contributed by atoms with van der Waals surface area (Å²) in [5, 5.41) is 19.0. The average Bonchev–Trinajstić information content (AvgIpc) is 1.55. The van der Waals surface area contributed by atoms with Crippen LogP contribution < -0.4 is 0 Å². The summed E-state index contributed by atoms with van der Waals surface area (Å²) in [6, 6.07) is 43.7. The van der Waals surface area contributed by atoms with Crippen molar-refractivity contribution in [3.63, 3.8) is 0 Å². The van der Waals surface area contributed by atoms with Crippen LogP contribution in [0.15, 0.2) is 218 Å². The fraction of sp³-hybridized carbons (Fsp3) is 0. The summed E-state index contributed by atoms with van der Waals surface area (Å²) in [6.07, 6.45) is 0. The second kappa shape index (κ2) is 15.5. The molecule has 0 aliphatic rings. The Bertz CT molecular complexity index is 5860. The van der Waals surface area contributed by atoms with Crippen molar-refractivity contribution in [2.45, 2.75) is 0 Å².